The van der Waals surface area contributed by atoms with E-state index in [1.54, 1.807) is 32.4 Å². The molecule has 1 heterocycles. The van der Waals surface area contributed by atoms with Crippen LogP contribution in [0.25, 0.3) is 5.57 Å². The second-order valence-electron chi connectivity index (χ2n) is 7.64. The monoisotopic (exact) mass is 379 g/mol. The lowest BCUT2D eigenvalue weighted by Gasteiger charge is -2.40. The summed E-state index contributed by atoms with van der Waals surface area (Å²) in [7, 11) is 3.70. The topological polar surface area (TPSA) is 68.0 Å². The second-order valence-corrected chi connectivity index (χ2v) is 7.64. The Hall–Kier alpha value is -3.15. The molecule has 0 radical (unpaired) electrons. The van der Waals surface area contributed by atoms with Crippen LogP contribution in [0.1, 0.15) is 37.5 Å². The number of benzene rings is 2. The third-order valence-corrected chi connectivity index (χ3v) is 5.31. The molecule has 0 saturated heterocycles. The molecule has 0 unspecified atom stereocenters. The lowest BCUT2D eigenvalue weighted by molar-refractivity contribution is -0.385. The SMILES string of the molecule is COc1cc2c(cc1C=Nc1ccc(C)c([N+](=O)[O-])c1)C(C)=CC(C)(C)N2C. The summed E-state index contributed by atoms with van der Waals surface area (Å²) in [5.74, 6) is 0.710. The summed E-state index contributed by atoms with van der Waals surface area (Å²) in [6.07, 6.45) is 3.94. The minimum Gasteiger partial charge on any atom is -0.496 e. The Morgan fingerprint density at radius 3 is 2.57 bits per heavy atom. The quantitative estimate of drug-likeness (QED) is 0.411. The molecule has 0 bridgehead atoms. The largest absolute Gasteiger partial charge is 0.496 e. The normalized spacial score (nSPS) is 15.4. The van der Waals surface area contributed by atoms with Gasteiger partial charge in [-0.25, -0.2) is 0 Å². The van der Waals surface area contributed by atoms with E-state index in [4.69, 9.17) is 4.74 Å². The maximum absolute atomic E-state index is 11.2. The Balaban J connectivity index is 2.04. The highest BCUT2D eigenvalue weighted by atomic mass is 16.6. The first-order valence-corrected chi connectivity index (χ1v) is 9.09. The molecule has 0 amide bonds. The fraction of sp³-hybridized carbons (Fsp3) is 0.318. The highest BCUT2D eigenvalue weighted by Gasteiger charge is 2.29. The number of rotatable bonds is 4. The zero-order valence-electron chi connectivity index (χ0n) is 17.1. The van der Waals surface area contributed by atoms with Crippen molar-refractivity contribution in [3.05, 3.63) is 63.2 Å². The molecule has 2 aromatic rings. The van der Waals surface area contributed by atoms with E-state index in [0.29, 0.717) is 17.0 Å². The first-order chi connectivity index (χ1) is 13.1. The van der Waals surface area contributed by atoms with Crippen molar-refractivity contribution in [2.24, 2.45) is 4.99 Å². The zero-order valence-corrected chi connectivity index (χ0v) is 17.1. The number of anilines is 1. The molecule has 0 atom stereocenters. The van der Waals surface area contributed by atoms with E-state index in [9.17, 15) is 10.1 Å². The summed E-state index contributed by atoms with van der Waals surface area (Å²) in [5, 5.41) is 11.2. The molecule has 6 heteroatoms. The molecule has 6 nitrogen and oxygen atoms in total. The average molecular weight is 379 g/mol. The van der Waals surface area contributed by atoms with Crippen molar-refractivity contribution < 1.29 is 9.66 Å². The van der Waals surface area contributed by atoms with Crippen LogP contribution in [0.15, 0.2) is 41.4 Å². The average Bonchev–Trinajstić information content (AvgIpc) is 2.64. The first kappa shape index (κ1) is 19.6. The number of ether oxygens (including phenoxy) is 1. The van der Waals surface area contributed by atoms with Gasteiger partial charge >= 0.3 is 0 Å². The summed E-state index contributed by atoms with van der Waals surface area (Å²) < 4.78 is 5.59. The van der Waals surface area contributed by atoms with Crippen LogP contribution in [0.2, 0.25) is 0 Å². The number of nitrogens with zero attached hydrogens (tertiary/aromatic N) is 3. The van der Waals surface area contributed by atoms with Gasteiger partial charge in [-0.2, -0.15) is 0 Å². The van der Waals surface area contributed by atoms with Gasteiger partial charge in [0.05, 0.1) is 23.3 Å². The molecule has 28 heavy (non-hydrogen) atoms. The van der Waals surface area contributed by atoms with Crippen LogP contribution in [-0.2, 0) is 0 Å². The Morgan fingerprint density at radius 1 is 1.21 bits per heavy atom. The molecule has 0 saturated carbocycles. The van der Waals surface area contributed by atoms with Gasteiger partial charge in [-0.1, -0.05) is 12.1 Å². The number of hydrogen-bond acceptors (Lipinski definition) is 5. The van der Waals surface area contributed by atoms with Gasteiger partial charge in [-0.05, 0) is 45.4 Å². The zero-order chi connectivity index (χ0) is 20.6. The molecule has 0 spiro atoms. The van der Waals surface area contributed by atoms with Crippen LogP contribution in [0.4, 0.5) is 17.1 Å². The molecule has 146 valence electrons. The van der Waals surface area contributed by atoms with Crippen LogP contribution < -0.4 is 9.64 Å². The predicted octanol–water partition coefficient (Wildman–Crippen LogP) is 5.29. The van der Waals surface area contributed by atoms with Crippen LogP contribution in [0.3, 0.4) is 0 Å². The Bertz CT molecular complexity index is 1010. The predicted molar refractivity (Wildman–Crippen MR) is 114 cm³/mol. The van der Waals surface area contributed by atoms with Gasteiger partial charge in [-0.15, -0.1) is 0 Å². The van der Waals surface area contributed by atoms with Crippen LogP contribution in [-0.4, -0.2) is 30.8 Å². The van der Waals surface area contributed by atoms with Crippen molar-refractivity contribution in [1.82, 2.24) is 0 Å². The Labute approximate surface area is 165 Å². The number of aryl methyl sites for hydroxylation is 1. The molecular weight excluding hydrogens is 354 g/mol. The second kappa shape index (κ2) is 7.11. The highest BCUT2D eigenvalue weighted by Crippen LogP contribution is 2.41. The smallest absolute Gasteiger partial charge is 0.274 e. The van der Waals surface area contributed by atoms with E-state index in [-0.39, 0.29) is 16.1 Å². The van der Waals surface area contributed by atoms with Crippen molar-refractivity contribution in [3.8, 4) is 5.75 Å². The number of methoxy groups -OCH3 is 1. The van der Waals surface area contributed by atoms with Crippen LogP contribution in [0.5, 0.6) is 5.75 Å². The number of aliphatic imine (C=N–C) groups is 1. The van der Waals surface area contributed by atoms with Crippen molar-refractivity contribution >= 4 is 28.8 Å². The van der Waals surface area contributed by atoms with E-state index >= 15 is 0 Å². The van der Waals surface area contributed by atoms with Crippen molar-refractivity contribution in [2.75, 3.05) is 19.1 Å². The minimum absolute atomic E-state index is 0.0645. The molecule has 3 rings (SSSR count). The fourth-order valence-corrected chi connectivity index (χ4v) is 3.49. The number of likely N-dealkylation sites (N-methyl/N-ethyl adjacent to an activating group) is 1. The van der Waals surface area contributed by atoms with Crippen molar-refractivity contribution in [1.29, 1.82) is 0 Å². The fourth-order valence-electron chi connectivity index (χ4n) is 3.49. The third kappa shape index (κ3) is 3.50. The Kier molecular flexibility index (Phi) is 4.98. The van der Waals surface area contributed by atoms with Gasteiger partial charge in [0.1, 0.15) is 5.75 Å². The van der Waals surface area contributed by atoms with Gasteiger partial charge in [0.15, 0.2) is 0 Å². The standard InChI is InChI=1S/C22H25N3O3/c1-14-7-8-17(10-19(14)25(26)27)23-13-16-9-18-15(2)12-22(3,4)24(5)20(18)11-21(16)28-6/h7-13H,1-6H3. The lowest BCUT2D eigenvalue weighted by atomic mass is 9.88. The third-order valence-electron chi connectivity index (χ3n) is 5.31. The number of nitro groups is 1. The van der Waals surface area contributed by atoms with E-state index in [2.05, 4.69) is 49.9 Å². The number of hydrogen-bond donors (Lipinski definition) is 0. The van der Waals surface area contributed by atoms with Gasteiger partial charge in [-0.3, -0.25) is 15.1 Å². The van der Waals surface area contributed by atoms with E-state index in [0.717, 1.165) is 16.8 Å². The molecule has 0 aromatic heterocycles. The van der Waals surface area contributed by atoms with Crippen molar-refractivity contribution in [2.45, 2.75) is 33.2 Å². The van der Waals surface area contributed by atoms with Crippen LogP contribution >= 0.6 is 0 Å². The van der Waals surface area contributed by atoms with E-state index in [1.165, 1.54) is 11.6 Å². The first-order valence-electron chi connectivity index (χ1n) is 9.09. The molecule has 0 N–H and O–H groups in total. The highest BCUT2D eigenvalue weighted by molar-refractivity contribution is 5.92. The summed E-state index contributed by atoms with van der Waals surface area (Å²) in [6.45, 7) is 8.16. The Morgan fingerprint density at radius 2 is 1.93 bits per heavy atom. The molecule has 1 aliphatic rings. The lowest BCUT2D eigenvalue weighted by Crippen LogP contribution is -2.42. The maximum atomic E-state index is 11.2. The maximum Gasteiger partial charge on any atom is 0.274 e. The number of nitro benzene ring substituents is 1. The molecule has 0 fully saturated rings. The number of allylic oxidation sites excluding steroid dienone is 1. The molecule has 2 aromatic carbocycles. The molecular formula is C22H25N3O3. The van der Waals surface area contributed by atoms with Gasteiger partial charge in [0.25, 0.3) is 5.69 Å². The van der Waals surface area contributed by atoms with Gasteiger partial charge in [0.2, 0.25) is 0 Å². The van der Waals surface area contributed by atoms with E-state index in [1.807, 2.05) is 6.07 Å². The van der Waals surface area contributed by atoms with E-state index < -0.39 is 0 Å². The van der Waals surface area contributed by atoms with Gasteiger partial charge in [0, 0.05) is 47.8 Å². The molecule has 1 aliphatic heterocycles. The summed E-state index contributed by atoms with van der Waals surface area (Å²) in [5.41, 5.74) is 5.37. The molecule has 0 aliphatic carbocycles. The summed E-state index contributed by atoms with van der Waals surface area (Å²) in [6, 6.07) is 9.03. The van der Waals surface area contributed by atoms with Crippen LogP contribution in [0, 0.1) is 17.0 Å². The summed E-state index contributed by atoms with van der Waals surface area (Å²) >= 11 is 0. The van der Waals surface area contributed by atoms with Gasteiger partial charge < -0.3 is 9.64 Å². The summed E-state index contributed by atoms with van der Waals surface area (Å²) in [4.78, 5) is 17.4. The minimum atomic E-state index is -0.389. The van der Waals surface area contributed by atoms with Crippen molar-refractivity contribution in [3.63, 3.8) is 0 Å². The number of fused-ring (bicyclic) bond motifs is 1.